The molecule has 0 bridgehead atoms. The Labute approximate surface area is 146 Å². The van der Waals surface area contributed by atoms with Crippen LogP contribution in [0.25, 0.3) is 0 Å². The molecule has 128 valence electrons. The fourth-order valence-corrected chi connectivity index (χ4v) is 3.79. The number of hydrogen-bond acceptors (Lipinski definition) is 4. The number of anilines is 1. The van der Waals surface area contributed by atoms with Gasteiger partial charge in [0.15, 0.2) is 5.15 Å². The molecule has 0 aliphatic heterocycles. The highest BCUT2D eigenvalue weighted by Crippen LogP contribution is 2.20. The van der Waals surface area contributed by atoms with Crippen molar-refractivity contribution in [2.45, 2.75) is 18.7 Å². The van der Waals surface area contributed by atoms with Gasteiger partial charge in [0.05, 0.1) is 10.6 Å². The summed E-state index contributed by atoms with van der Waals surface area (Å²) in [5.74, 6) is -0.392. The average molecular weight is 368 g/mol. The lowest BCUT2D eigenvalue weighted by molar-refractivity contribution is 0.102. The Kier molecular flexibility index (Phi) is 5.93. The minimum atomic E-state index is -3.54. The Morgan fingerprint density at radius 1 is 1.17 bits per heavy atom. The van der Waals surface area contributed by atoms with Gasteiger partial charge in [-0.1, -0.05) is 25.4 Å². The number of nitrogens with zero attached hydrogens (tertiary/aromatic N) is 2. The van der Waals surface area contributed by atoms with Gasteiger partial charge in [0.25, 0.3) is 5.91 Å². The number of hydrogen-bond donors (Lipinski definition) is 1. The first kappa shape index (κ1) is 18.4. The summed E-state index contributed by atoms with van der Waals surface area (Å²) >= 11 is 5.90. The Bertz CT molecular complexity index is 819. The maximum atomic E-state index is 12.4. The number of carbonyl (C=O) groups is 1. The van der Waals surface area contributed by atoms with Gasteiger partial charge in [0, 0.05) is 24.8 Å². The molecule has 24 heavy (non-hydrogen) atoms. The fraction of sp³-hybridized carbons (Fsp3) is 0.250. The standard InChI is InChI=1S/C16H18ClN3O3S/c1-3-20(4-2)24(22,23)13-9-7-12(8-10-13)16(21)19-14-6-5-11-18-15(14)17/h5-11H,3-4H2,1-2H3,(H,19,21). The summed E-state index contributed by atoms with van der Waals surface area (Å²) < 4.78 is 26.2. The third kappa shape index (κ3) is 3.92. The van der Waals surface area contributed by atoms with E-state index in [1.54, 1.807) is 26.0 Å². The molecule has 1 aromatic heterocycles. The van der Waals surface area contributed by atoms with Crippen LogP contribution < -0.4 is 5.32 Å². The van der Waals surface area contributed by atoms with Gasteiger partial charge in [-0.25, -0.2) is 13.4 Å². The molecule has 1 amide bonds. The number of nitrogens with one attached hydrogen (secondary N) is 1. The van der Waals surface area contributed by atoms with E-state index >= 15 is 0 Å². The summed E-state index contributed by atoms with van der Waals surface area (Å²) in [5, 5.41) is 2.82. The second kappa shape index (κ2) is 7.74. The lowest BCUT2D eigenvalue weighted by Gasteiger charge is -2.18. The highest BCUT2D eigenvalue weighted by molar-refractivity contribution is 7.89. The van der Waals surface area contributed by atoms with Crippen molar-refractivity contribution in [2.75, 3.05) is 18.4 Å². The van der Waals surface area contributed by atoms with Crippen LogP contribution in [0.1, 0.15) is 24.2 Å². The fourth-order valence-electron chi connectivity index (χ4n) is 2.16. The van der Waals surface area contributed by atoms with Gasteiger partial charge in [-0.15, -0.1) is 0 Å². The van der Waals surface area contributed by atoms with Crippen molar-refractivity contribution < 1.29 is 13.2 Å². The molecule has 0 aliphatic carbocycles. The third-order valence-corrected chi connectivity index (χ3v) is 5.83. The molecule has 6 nitrogen and oxygen atoms in total. The SMILES string of the molecule is CCN(CC)S(=O)(=O)c1ccc(C(=O)Nc2cccnc2Cl)cc1. The zero-order valence-electron chi connectivity index (χ0n) is 13.4. The van der Waals surface area contributed by atoms with Crippen LogP contribution in [-0.2, 0) is 10.0 Å². The average Bonchev–Trinajstić information content (AvgIpc) is 2.58. The van der Waals surface area contributed by atoms with E-state index in [9.17, 15) is 13.2 Å². The van der Waals surface area contributed by atoms with Crippen molar-refractivity contribution in [3.8, 4) is 0 Å². The molecule has 0 saturated heterocycles. The molecule has 1 N–H and O–H groups in total. The maximum absolute atomic E-state index is 12.4. The van der Waals surface area contributed by atoms with Crippen LogP contribution in [0.5, 0.6) is 0 Å². The van der Waals surface area contributed by atoms with E-state index in [0.29, 0.717) is 24.3 Å². The summed E-state index contributed by atoms with van der Waals surface area (Å²) in [4.78, 5) is 16.2. The van der Waals surface area contributed by atoms with E-state index in [0.717, 1.165) is 0 Å². The summed E-state index contributed by atoms with van der Waals surface area (Å²) in [6, 6.07) is 9.07. The monoisotopic (exact) mass is 367 g/mol. The lowest BCUT2D eigenvalue weighted by Crippen LogP contribution is -2.30. The number of halogens is 1. The first-order valence-electron chi connectivity index (χ1n) is 7.42. The molecule has 0 fully saturated rings. The Morgan fingerprint density at radius 2 is 1.79 bits per heavy atom. The van der Waals surface area contributed by atoms with Gasteiger partial charge in [0.1, 0.15) is 0 Å². The van der Waals surface area contributed by atoms with Gasteiger partial charge < -0.3 is 5.32 Å². The largest absolute Gasteiger partial charge is 0.319 e. The van der Waals surface area contributed by atoms with Gasteiger partial charge in [-0.2, -0.15) is 4.31 Å². The molecular formula is C16H18ClN3O3S. The van der Waals surface area contributed by atoms with Crippen LogP contribution in [0.15, 0.2) is 47.5 Å². The number of rotatable bonds is 6. The quantitative estimate of drug-likeness (QED) is 0.796. The Balaban J connectivity index is 2.20. The molecule has 1 aromatic carbocycles. The lowest BCUT2D eigenvalue weighted by atomic mass is 10.2. The molecule has 0 unspecified atom stereocenters. The normalized spacial score (nSPS) is 11.5. The molecule has 2 rings (SSSR count). The molecule has 0 atom stereocenters. The van der Waals surface area contributed by atoms with Gasteiger partial charge in [-0.3, -0.25) is 4.79 Å². The third-order valence-electron chi connectivity index (χ3n) is 3.47. The van der Waals surface area contributed by atoms with E-state index in [1.807, 2.05) is 0 Å². The van der Waals surface area contributed by atoms with Crippen LogP contribution in [0, 0.1) is 0 Å². The van der Waals surface area contributed by atoms with E-state index in [4.69, 9.17) is 11.6 Å². The van der Waals surface area contributed by atoms with E-state index < -0.39 is 15.9 Å². The van der Waals surface area contributed by atoms with Crippen LogP contribution >= 0.6 is 11.6 Å². The predicted molar refractivity (Wildman–Crippen MR) is 93.7 cm³/mol. The van der Waals surface area contributed by atoms with Crippen LogP contribution in [0.3, 0.4) is 0 Å². The maximum Gasteiger partial charge on any atom is 0.255 e. The van der Waals surface area contributed by atoms with Crippen molar-refractivity contribution in [2.24, 2.45) is 0 Å². The topological polar surface area (TPSA) is 79.4 Å². The zero-order valence-corrected chi connectivity index (χ0v) is 14.9. The van der Waals surface area contributed by atoms with Crippen molar-refractivity contribution in [3.05, 3.63) is 53.3 Å². The smallest absolute Gasteiger partial charge is 0.255 e. The molecule has 1 heterocycles. The van der Waals surface area contributed by atoms with Crippen molar-refractivity contribution in [1.29, 1.82) is 0 Å². The second-order valence-electron chi connectivity index (χ2n) is 4.91. The van der Waals surface area contributed by atoms with Gasteiger partial charge >= 0.3 is 0 Å². The number of sulfonamides is 1. The molecule has 0 spiro atoms. The first-order chi connectivity index (χ1) is 11.4. The van der Waals surface area contributed by atoms with E-state index in [-0.39, 0.29) is 10.0 Å². The zero-order chi connectivity index (χ0) is 17.7. The predicted octanol–water partition coefficient (Wildman–Crippen LogP) is 3.02. The molecule has 2 aromatic rings. The minimum Gasteiger partial charge on any atom is -0.319 e. The molecule has 0 radical (unpaired) electrons. The Morgan fingerprint density at radius 3 is 2.33 bits per heavy atom. The molecular weight excluding hydrogens is 350 g/mol. The summed E-state index contributed by atoms with van der Waals surface area (Å²) in [6.45, 7) is 4.34. The highest BCUT2D eigenvalue weighted by Gasteiger charge is 2.21. The van der Waals surface area contributed by atoms with Gasteiger partial charge in [0.2, 0.25) is 10.0 Å². The number of aromatic nitrogens is 1. The van der Waals surface area contributed by atoms with Crippen molar-refractivity contribution in [3.63, 3.8) is 0 Å². The number of amides is 1. The minimum absolute atomic E-state index is 0.155. The molecule has 0 aliphatic rings. The number of carbonyl (C=O) groups excluding carboxylic acids is 1. The molecule has 0 saturated carbocycles. The number of pyridine rings is 1. The number of benzene rings is 1. The van der Waals surface area contributed by atoms with Crippen molar-refractivity contribution in [1.82, 2.24) is 9.29 Å². The molecule has 8 heteroatoms. The summed E-state index contributed by atoms with van der Waals surface area (Å²) in [5.41, 5.74) is 0.720. The highest BCUT2D eigenvalue weighted by atomic mass is 35.5. The van der Waals surface area contributed by atoms with E-state index in [1.165, 1.54) is 34.8 Å². The van der Waals surface area contributed by atoms with E-state index in [2.05, 4.69) is 10.3 Å². The first-order valence-corrected chi connectivity index (χ1v) is 9.24. The second-order valence-corrected chi connectivity index (χ2v) is 7.21. The van der Waals surface area contributed by atoms with Crippen LogP contribution in [0.4, 0.5) is 5.69 Å². The van der Waals surface area contributed by atoms with Crippen LogP contribution in [0.2, 0.25) is 5.15 Å². The Hall–Kier alpha value is -1.96. The summed E-state index contributed by atoms with van der Waals surface area (Å²) in [7, 11) is -3.54. The van der Waals surface area contributed by atoms with Crippen molar-refractivity contribution >= 4 is 33.2 Å². The summed E-state index contributed by atoms with van der Waals surface area (Å²) in [6.07, 6.45) is 1.52. The van der Waals surface area contributed by atoms with Gasteiger partial charge in [-0.05, 0) is 36.4 Å². The van der Waals surface area contributed by atoms with Crippen LogP contribution in [-0.4, -0.2) is 36.7 Å².